The summed E-state index contributed by atoms with van der Waals surface area (Å²) in [6, 6.07) is 7.09. The molecule has 0 atom stereocenters. The molecule has 6 nitrogen and oxygen atoms in total. The average Bonchev–Trinajstić information content (AvgIpc) is 3.17. The number of amides is 1. The SMILES string of the molecule is CCc1ccc(C(=O)Nc2ccc(-n3ccnc3C)nc2)o1. The molecule has 0 radical (unpaired) electrons. The fourth-order valence-corrected chi connectivity index (χ4v) is 2.11. The highest BCUT2D eigenvalue weighted by atomic mass is 16.3. The van der Waals surface area contributed by atoms with E-state index in [4.69, 9.17) is 4.42 Å². The fourth-order valence-electron chi connectivity index (χ4n) is 2.11. The summed E-state index contributed by atoms with van der Waals surface area (Å²) in [6.45, 7) is 3.88. The molecule has 0 bridgehead atoms. The van der Waals surface area contributed by atoms with E-state index in [1.54, 1.807) is 30.6 Å². The van der Waals surface area contributed by atoms with Gasteiger partial charge in [0.25, 0.3) is 5.91 Å². The van der Waals surface area contributed by atoms with Crippen LogP contribution in [0.25, 0.3) is 5.82 Å². The van der Waals surface area contributed by atoms with Crippen molar-refractivity contribution in [2.24, 2.45) is 0 Å². The van der Waals surface area contributed by atoms with E-state index in [1.807, 2.05) is 30.7 Å². The van der Waals surface area contributed by atoms with Gasteiger partial charge in [0.2, 0.25) is 0 Å². The Kier molecular flexibility index (Phi) is 3.74. The number of imidazole rings is 1. The second-order valence-corrected chi connectivity index (χ2v) is 4.82. The van der Waals surface area contributed by atoms with Gasteiger partial charge in [0.15, 0.2) is 5.76 Å². The van der Waals surface area contributed by atoms with Gasteiger partial charge in [-0.1, -0.05) is 6.92 Å². The molecule has 6 heteroatoms. The lowest BCUT2D eigenvalue weighted by Crippen LogP contribution is -2.11. The molecule has 0 aromatic carbocycles. The van der Waals surface area contributed by atoms with Crippen LogP contribution in [0.4, 0.5) is 5.69 Å². The molecule has 3 aromatic heterocycles. The van der Waals surface area contributed by atoms with Crippen molar-refractivity contribution >= 4 is 11.6 Å². The van der Waals surface area contributed by atoms with Crippen LogP contribution in [0.3, 0.4) is 0 Å². The largest absolute Gasteiger partial charge is 0.456 e. The zero-order valence-electron chi connectivity index (χ0n) is 12.4. The second kappa shape index (κ2) is 5.85. The number of nitrogens with zero attached hydrogens (tertiary/aromatic N) is 3. The normalized spacial score (nSPS) is 10.6. The fraction of sp³-hybridized carbons (Fsp3) is 0.188. The molecular formula is C16H16N4O2. The number of anilines is 1. The van der Waals surface area contributed by atoms with E-state index in [1.165, 1.54) is 0 Å². The molecule has 0 saturated carbocycles. The van der Waals surface area contributed by atoms with Crippen LogP contribution in [0.5, 0.6) is 0 Å². The number of aryl methyl sites for hydroxylation is 2. The Hall–Kier alpha value is -2.89. The van der Waals surface area contributed by atoms with Crippen LogP contribution < -0.4 is 5.32 Å². The molecule has 3 aromatic rings. The highest BCUT2D eigenvalue weighted by molar-refractivity contribution is 6.02. The van der Waals surface area contributed by atoms with Crippen LogP contribution in [-0.4, -0.2) is 20.4 Å². The first-order valence-electron chi connectivity index (χ1n) is 7.04. The van der Waals surface area contributed by atoms with Crippen molar-refractivity contribution in [3.05, 3.63) is 60.2 Å². The Balaban J connectivity index is 1.73. The van der Waals surface area contributed by atoms with Gasteiger partial charge in [0.05, 0.1) is 11.9 Å². The minimum atomic E-state index is -0.284. The lowest BCUT2D eigenvalue weighted by atomic mass is 10.3. The lowest BCUT2D eigenvalue weighted by molar-refractivity contribution is 0.0995. The number of nitrogens with one attached hydrogen (secondary N) is 1. The van der Waals surface area contributed by atoms with Crippen LogP contribution in [0, 0.1) is 6.92 Å². The topological polar surface area (TPSA) is 73.0 Å². The quantitative estimate of drug-likeness (QED) is 0.803. The summed E-state index contributed by atoms with van der Waals surface area (Å²) in [6.07, 6.45) is 5.92. The molecule has 0 saturated heterocycles. The molecule has 0 unspecified atom stereocenters. The molecule has 0 aliphatic carbocycles. The van der Waals surface area contributed by atoms with Gasteiger partial charge >= 0.3 is 0 Å². The number of rotatable bonds is 4. The van der Waals surface area contributed by atoms with E-state index in [0.717, 1.165) is 23.8 Å². The Morgan fingerprint density at radius 3 is 2.73 bits per heavy atom. The number of hydrogen-bond donors (Lipinski definition) is 1. The van der Waals surface area contributed by atoms with Gasteiger partial charge in [-0.3, -0.25) is 9.36 Å². The van der Waals surface area contributed by atoms with Gasteiger partial charge < -0.3 is 9.73 Å². The van der Waals surface area contributed by atoms with E-state index in [2.05, 4.69) is 15.3 Å². The van der Waals surface area contributed by atoms with E-state index in [0.29, 0.717) is 11.4 Å². The monoisotopic (exact) mass is 296 g/mol. The van der Waals surface area contributed by atoms with Crippen molar-refractivity contribution in [3.8, 4) is 5.82 Å². The third kappa shape index (κ3) is 2.76. The van der Waals surface area contributed by atoms with Crippen molar-refractivity contribution in [2.75, 3.05) is 5.32 Å². The average molecular weight is 296 g/mol. The van der Waals surface area contributed by atoms with Gasteiger partial charge in [0.1, 0.15) is 17.4 Å². The lowest BCUT2D eigenvalue weighted by Gasteiger charge is -2.06. The summed E-state index contributed by atoms with van der Waals surface area (Å²) >= 11 is 0. The maximum atomic E-state index is 12.1. The molecule has 0 aliphatic heterocycles. The third-order valence-corrected chi connectivity index (χ3v) is 3.31. The summed E-state index contributed by atoms with van der Waals surface area (Å²) in [5, 5.41) is 2.76. The van der Waals surface area contributed by atoms with Crippen molar-refractivity contribution in [1.29, 1.82) is 0 Å². The first-order chi connectivity index (χ1) is 10.7. The second-order valence-electron chi connectivity index (χ2n) is 4.82. The van der Waals surface area contributed by atoms with E-state index in [9.17, 15) is 4.79 Å². The third-order valence-electron chi connectivity index (χ3n) is 3.31. The molecule has 0 fully saturated rings. The smallest absolute Gasteiger partial charge is 0.291 e. The van der Waals surface area contributed by atoms with Gasteiger partial charge in [-0.05, 0) is 31.2 Å². The van der Waals surface area contributed by atoms with Crippen LogP contribution in [-0.2, 0) is 6.42 Å². The molecule has 3 rings (SSSR count). The number of carbonyl (C=O) groups excluding carboxylic acids is 1. The number of carbonyl (C=O) groups is 1. The minimum absolute atomic E-state index is 0.284. The van der Waals surface area contributed by atoms with Gasteiger partial charge in [0, 0.05) is 18.8 Å². The van der Waals surface area contributed by atoms with Crippen molar-refractivity contribution in [2.45, 2.75) is 20.3 Å². The maximum Gasteiger partial charge on any atom is 0.291 e. The molecular weight excluding hydrogens is 280 g/mol. The van der Waals surface area contributed by atoms with Gasteiger partial charge in [-0.2, -0.15) is 0 Å². The van der Waals surface area contributed by atoms with Crippen molar-refractivity contribution in [1.82, 2.24) is 14.5 Å². The van der Waals surface area contributed by atoms with Crippen molar-refractivity contribution in [3.63, 3.8) is 0 Å². The molecule has 22 heavy (non-hydrogen) atoms. The predicted molar refractivity (Wildman–Crippen MR) is 82.1 cm³/mol. The number of furan rings is 1. The van der Waals surface area contributed by atoms with Crippen molar-refractivity contribution < 1.29 is 9.21 Å². The standard InChI is InChI=1S/C16H16N4O2/c1-3-13-5-6-14(22-13)16(21)19-12-4-7-15(18-10-12)20-9-8-17-11(20)2/h4-10H,3H2,1-2H3,(H,19,21). The Morgan fingerprint density at radius 1 is 1.27 bits per heavy atom. The van der Waals surface area contributed by atoms with Gasteiger partial charge in [-0.25, -0.2) is 9.97 Å². The molecule has 1 amide bonds. The van der Waals surface area contributed by atoms with Gasteiger partial charge in [-0.15, -0.1) is 0 Å². The first-order valence-corrected chi connectivity index (χ1v) is 7.04. The molecule has 0 spiro atoms. The number of hydrogen-bond acceptors (Lipinski definition) is 4. The van der Waals surface area contributed by atoms with Crippen LogP contribution in [0.1, 0.15) is 29.1 Å². The highest BCUT2D eigenvalue weighted by Crippen LogP contribution is 2.14. The zero-order valence-corrected chi connectivity index (χ0v) is 12.4. The van der Waals surface area contributed by atoms with Crippen LogP contribution in [0.2, 0.25) is 0 Å². The Labute approximate surface area is 127 Å². The highest BCUT2D eigenvalue weighted by Gasteiger charge is 2.11. The Bertz CT molecular complexity index is 787. The Morgan fingerprint density at radius 2 is 2.14 bits per heavy atom. The summed E-state index contributed by atoms with van der Waals surface area (Å²) in [5.41, 5.74) is 0.612. The molecule has 0 aliphatic rings. The molecule has 1 N–H and O–H groups in total. The molecule has 112 valence electrons. The summed E-state index contributed by atoms with van der Waals surface area (Å²) < 4.78 is 7.29. The maximum absolute atomic E-state index is 12.1. The summed E-state index contributed by atoms with van der Waals surface area (Å²) in [5.74, 6) is 2.40. The van der Waals surface area contributed by atoms with E-state index in [-0.39, 0.29) is 5.91 Å². The number of pyridine rings is 1. The zero-order chi connectivity index (χ0) is 15.5. The number of aromatic nitrogens is 3. The minimum Gasteiger partial charge on any atom is -0.456 e. The predicted octanol–water partition coefficient (Wildman–Crippen LogP) is 2.98. The first kappa shape index (κ1) is 14.1. The van der Waals surface area contributed by atoms with E-state index >= 15 is 0 Å². The summed E-state index contributed by atoms with van der Waals surface area (Å²) in [4.78, 5) is 20.5. The van der Waals surface area contributed by atoms with Crippen LogP contribution in [0.15, 0.2) is 47.3 Å². The summed E-state index contributed by atoms with van der Waals surface area (Å²) in [7, 11) is 0. The molecule has 3 heterocycles. The van der Waals surface area contributed by atoms with E-state index < -0.39 is 0 Å². The van der Waals surface area contributed by atoms with Crippen LogP contribution >= 0.6 is 0 Å².